The molecule has 0 saturated heterocycles. The van der Waals surface area contributed by atoms with Gasteiger partial charge in [0.1, 0.15) is 23.4 Å². The summed E-state index contributed by atoms with van der Waals surface area (Å²) in [4.78, 5) is 19.4. The fourth-order valence-corrected chi connectivity index (χ4v) is 3.31. The van der Waals surface area contributed by atoms with E-state index in [4.69, 9.17) is 9.15 Å². The highest BCUT2D eigenvalue weighted by Crippen LogP contribution is 2.28. The second kappa shape index (κ2) is 7.72. The molecule has 6 nitrogen and oxygen atoms in total. The van der Waals surface area contributed by atoms with Gasteiger partial charge in [-0.05, 0) is 61.4 Å². The van der Waals surface area contributed by atoms with Crippen LogP contribution in [0.1, 0.15) is 33.1 Å². The number of carbonyl (C=O) groups is 1. The molecule has 0 aliphatic heterocycles. The van der Waals surface area contributed by atoms with Gasteiger partial charge in [0.25, 0.3) is 0 Å². The van der Waals surface area contributed by atoms with Gasteiger partial charge in [0.15, 0.2) is 0 Å². The monoisotopic (exact) mass is 397 g/mol. The first-order valence-corrected chi connectivity index (χ1v) is 9.36. The van der Waals surface area contributed by atoms with Crippen molar-refractivity contribution in [3.8, 4) is 17.4 Å². The van der Waals surface area contributed by atoms with E-state index >= 15 is 0 Å². The molecule has 0 bridgehead atoms. The summed E-state index contributed by atoms with van der Waals surface area (Å²) >= 11 is 0. The molecule has 0 saturated carbocycles. The minimum atomic E-state index is -0.382. The van der Waals surface area contributed by atoms with Crippen molar-refractivity contribution in [2.75, 3.05) is 7.11 Å². The van der Waals surface area contributed by atoms with Gasteiger partial charge < -0.3 is 14.1 Å². The lowest BCUT2D eigenvalue weighted by Crippen LogP contribution is -2.01. The Balaban J connectivity index is 1.66. The molecule has 4 rings (SSSR count). The fourth-order valence-electron chi connectivity index (χ4n) is 3.31. The third-order valence-corrected chi connectivity index (χ3v) is 4.84. The van der Waals surface area contributed by atoms with Crippen LogP contribution in [0.15, 0.2) is 52.9 Å². The second-order valence-corrected chi connectivity index (χ2v) is 7.00. The minimum Gasteiger partial charge on any atom is -0.465 e. The third kappa shape index (κ3) is 3.61. The van der Waals surface area contributed by atoms with E-state index in [9.17, 15) is 10.1 Å². The molecule has 0 unspecified atom stereocenters. The Morgan fingerprint density at radius 3 is 2.73 bits per heavy atom. The number of allylic oxidation sites excluding steroid dienone is 1. The number of hydrogen-bond acceptors (Lipinski definition) is 5. The van der Waals surface area contributed by atoms with Crippen molar-refractivity contribution in [1.29, 1.82) is 5.26 Å². The number of nitrogens with zero attached hydrogens (tertiary/aromatic N) is 2. The average Bonchev–Trinajstić information content (AvgIpc) is 3.37. The van der Waals surface area contributed by atoms with Gasteiger partial charge in [0.05, 0.1) is 29.3 Å². The Labute approximate surface area is 173 Å². The molecule has 2 heterocycles. The summed E-state index contributed by atoms with van der Waals surface area (Å²) in [7, 11) is 1.35. The summed E-state index contributed by atoms with van der Waals surface area (Å²) in [6, 6.07) is 17.0. The molecule has 1 N–H and O–H groups in total. The van der Waals surface area contributed by atoms with Crippen LogP contribution >= 0.6 is 0 Å². The third-order valence-electron chi connectivity index (χ3n) is 4.84. The number of ether oxygens (including phenoxy) is 1. The molecular formula is C24H19N3O3. The van der Waals surface area contributed by atoms with Gasteiger partial charge in [-0.3, -0.25) is 0 Å². The molecule has 0 atom stereocenters. The number of nitriles is 1. The van der Waals surface area contributed by atoms with Crippen LogP contribution in [-0.2, 0) is 4.74 Å². The number of esters is 1. The number of rotatable bonds is 4. The van der Waals surface area contributed by atoms with Crippen LogP contribution in [0.25, 0.3) is 34.0 Å². The van der Waals surface area contributed by atoms with Gasteiger partial charge in [-0.25, -0.2) is 9.78 Å². The standard InChI is InChI=1S/C24H19N3O3/c1-14-4-8-20-21(10-14)27-23(26-20)17(13-25)12-18-6-9-22(30-18)19-7-5-16(11-15(19)2)24(28)29-3/h4-12H,1-3H3,(H,26,27). The van der Waals surface area contributed by atoms with Crippen LogP contribution in [0.3, 0.4) is 0 Å². The number of benzene rings is 2. The van der Waals surface area contributed by atoms with Crippen molar-refractivity contribution in [2.24, 2.45) is 0 Å². The quantitative estimate of drug-likeness (QED) is 0.373. The van der Waals surface area contributed by atoms with E-state index in [0.29, 0.717) is 28.5 Å². The highest BCUT2D eigenvalue weighted by Gasteiger charge is 2.13. The molecule has 30 heavy (non-hydrogen) atoms. The van der Waals surface area contributed by atoms with Gasteiger partial charge in [-0.15, -0.1) is 0 Å². The number of hydrogen-bond donors (Lipinski definition) is 1. The number of fused-ring (bicyclic) bond motifs is 1. The summed E-state index contributed by atoms with van der Waals surface area (Å²) in [5, 5.41) is 9.63. The Kier molecular flexibility index (Phi) is 4.95. The average molecular weight is 397 g/mol. The SMILES string of the molecule is COC(=O)c1ccc(-c2ccc(C=C(C#N)c3nc4ccc(C)cc4[nH]3)o2)c(C)c1. The van der Waals surface area contributed by atoms with E-state index in [2.05, 4.69) is 16.0 Å². The molecule has 0 aliphatic carbocycles. The van der Waals surface area contributed by atoms with E-state index < -0.39 is 0 Å². The molecule has 0 aliphatic rings. The summed E-state index contributed by atoms with van der Waals surface area (Å²) in [5.74, 6) is 1.30. The molecule has 0 radical (unpaired) electrons. The fraction of sp³-hybridized carbons (Fsp3) is 0.125. The Bertz CT molecular complexity index is 1340. The number of H-pyrrole nitrogens is 1. The molecule has 6 heteroatoms. The number of nitrogens with one attached hydrogen (secondary N) is 1. The van der Waals surface area contributed by atoms with Crippen molar-refractivity contribution < 1.29 is 13.9 Å². The summed E-state index contributed by atoms with van der Waals surface area (Å²) < 4.78 is 10.7. The number of furan rings is 1. The highest BCUT2D eigenvalue weighted by molar-refractivity contribution is 5.91. The molecule has 4 aromatic rings. The molecule has 148 valence electrons. The maximum Gasteiger partial charge on any atom is 0.337 e. The lowest BCUT2D eigenvalue weighted by atomic mass is 10.0. The van der Waals surface area contributed by atoms with Gasteiger partial charge in [-0.1, -0.05) is 12.1 Å². The molecule has 0 fully saturated rings. The molecular weight excluding hydrogens is 378 g/mol. The normalized spacial score (nSPS) is 11.5. The van der Waals surface area contributed by atoms with Crippen molar-refractivity contribution in [1.82, 2.24) is 9.97 Å². The van der Waals surface area contributed by atoms with Crippen molar-refractivity contribution in [3.63, 3.8) is 0 Å². The number of imidazole rings is 1. The minimum absolute atomic E-state index is 0.377. The van der Waals surface area contributed by atoms with E-state index in [1.165, 1.54) is 7.11 Å². The highest BCUT2D eigenvalue weighted by atomic mass is 16.5. The van der Waals surface area contributed by atoms with Crippen LogP contribution < -0.4 is 0 Å². The zero-order chi connectivity index (χ0) is 21.3. The van der Waals surface area contributed by atoms with E-state index in [-0.39, 0.29) is 5.97 Å². The lowest BCUT2D eigenvalue weighted by molar-refractivity contribution is 0.0600. The Morgan fingerprint density at radius 2 is 2.00 bits per heavy atom. The predicted molar refractivity (Wildman–Crippen MR) is 115 cm³/mol. The van der Waals surface area contributed by atoms with Crippen molar-refractivity contribution in [2.45, 2.75) is 13.8 Å². The second-order valence-electron chi connectivity index (χ2n) is 7.00. The molecule has 2 aromatic carbocycles. The number of aryl methyl sites for hydroxylation is 2. The maximum absolute atomic E-state index is 11.7. The largest absolute Gasteiger partial charge is 0.465 e. The van der Waals surface area contributed by atoms with Crippen molar-refractivity contribution in [3.05, 3.63) is 76.8 Å². The molecule has 0 spiro atoms. The van der Waals surface area contributed by atoms with Gasteiger partial charge >= 0.3 is 5.97 Å². The van der Waals surface area contributed by atoms with Crippen LogP contribution in [0, 0.1) is 25.2 Å². The molecule has 2 aromatic heterocycles. The maximum atomic E-state index is 11.7. The zero-order valence-electron chi connectivity index (χ0n) is 16.8. The van der Waals surface area contributed by atoms with Gasteiger partial charge in [0, 0.05) is 11.6 Å². The summed E-state index contributed by atoms with van der Waals surface area (Å²) in [6.45, 7) is 3.90. The number of methoxy groups -OCH3 is 1. The van der Waals surface area contributed by atoms with Gasteiger partial charge in [-0.2, -0.15) is 5.26 Å². The summed E-state index contributed by atoms with van der Waals surface area (Å²) in [5.41, 5.74) is 5.41. The smallest absolute Gasteiger partial charge is 0.337 e. The summed E-state index contributed by atoms with van der Waals surface area (Å²) in [6.07, 6.45) is 1.66. The number of aromatic nitrogens is 2. The first kappa shape index (κ1) is 19.2. The van der Waals surface area contributed by atoms with Crippen LogP contribution in [0.5, 0.6) is 0 Å². The first-order chi connectivity index (χ1) is 14.5. The molecule has 0 amide bonds. The van der Waals surface area contributed by atoms with Crippen LogP contribution in [0.4, 0.5) is 0 Å². The number of aromatic amines is 1. The first-order valence-electron chi connectivity index (χ1n) is 9.36. The predicted octanol–water partition coefficient (Wildman–Crippen LogP) is 5.29. The topological polar surface area (TPSA) is 91.9 Å². The Hall–Kier alpha value is -4.11. The van der Waals surface area contributed by atoms with Crippen LogP contribution in [0.2, 0.25) is 0 Å². The van der Waals surface area contributed by atoms with E-state index in [1.807, 2.05) is 44.2 Å². The van der Waals surface area contributed by atoms with Crippen LogP contribution in [-0.4, -0.2) is 23.0 Å². The van der Waals surface area contributed by atoms with Gasteiger partial charge in [0.2, 0.25) is 0 Å². The van der Waals surface area contributed by atoms with E-state index in [1.54, 1.807) is 24.3 Å². The Morgan fingerprint density at radius 1 is 1.17 bits per heavy atom. The number of carbonyl (C=O) groups excluding carboxylic acids is 1. The lowest BCUT2D eigenvalue weighted by Gasteiger charge is -2.05. The van der Waals surface area contributed by atoms with Crippen molar-refractivity contribution >= 4 is 28.7 Å². The zero-order valence-corrected chi connectivity index (χ0v) is 16.8. The van der Waals surface area contributed by atoms with E-state index in [0.717, 1.165) is 27.7 Å².